The maximum atomic E-state index is 14.3. The first-order chi connectivity index (χ1) is 16.7. The number of hydrogen-bond acceptors (Lipinski definition) is 3. The van der Waals surface area contributed by atoms with Gasteiger partial charge in [-0.05, 0) is 42.3 Å². The van der Waals surface area contributed by atoms with E-state index in [2.05, 4.69) is 5.32 Å². The molecular weight excluding hydrogens is 506 g/mol. The average molecular weight is 525 g/mol. The molecule has 6 nitrogen and oxygen atoms in total. The van der Waals surface area contributed by atoms with Crippen molar-refractivity contribution in [1.82, 2.24) is 10.2 Å². The van der Waals surface area contributed by atoms with Crippen LogP contribution >= 0.6 is 0 Å². The molecule has 196 valence electrons. The highest BCUT2D eigenvalue weighted by molar-refractivity contribution is 5.86. The van der Waals surface area contributed by atoms with Crippen molar-refractivity contribution in [2.45, 2.75) is 24.8 Å². The highest BCUT2D eigenvalue weighted by atomic mass is 19.4. The Balaban J connectivity index is 1.78. The molecule has 14 heteroatoms. The Labute approximate surface area is 199 Å². The maximum Gasteiger partial charge on any atom is 0.416 e. The van der Waals surface area contributed by atoms with Gasteiger partial charge >= 0.3 is 18.4 Å². The number of alkyl halides is 6. The van der Waals surface area contributed by atoms with E-state index in [1.807, 2.05) is 0 Å². The molecule has 1 fully saturated rings. The van der Waals surface area contributed by atoms with E-state index >= 15 is 0 Å². The monoisotopic (exact) mass is 525 g/mol. The van der Waals surface area contributed by atoms with Gasteiger partial charge in [0.25, 0.3) is 0 Å². The molecule has 36 heavy (non-hydrogen) atoms. The lowest BCUT2D eigenvalue weighted by atomic mass is 10.0. The Hall–Kier alpha value is -3.58. The predicted molar refractivity (Wildman–Crippen MR) is 110 cm³/mol. The third-order valence-electron chi connectivity index (χ3n) is 5.53. The normalized spacial score (nSPS) is 16.7. The zero-order valence-corrected chi connectivity index (χ0v) is 18.3. The molecule has 2 aromatic rings. The smallest absolute Gasteiger partial charge is 0.416 e. The molecule has 1 aliphatic heterocycles. The van der Waals surface area contributed by atoms with Crippen molar-refractivity contribution in [2.75, 3.05) is 31.1 Å². The van der Waals surface area contributed by atoms with E-state index in [4.69, 9.17) is 0 Å². The van der Waals surface area contributed by atoms with Crippen molar-refractivity contribution < 1.29 is 49.8 Å². The van der Waals surface area contributed by atoms with Gasteiger partial charge in [0.05, 0.1) is 23.4 Å². The summed E-state index contributed by atoms with van der Waals surface area (Å²) in [6, 6.07) is 2.37. The Morgan fingerprint density at radius 1 is 0.944 bits per heavy atom. The number of benzene rings is 2. The van der Waals surface area contributed by atoms with Gasteiger partial charge in [-0.2, -0.15) is 26.3 Å². The lowest BCUT2D eigenvalue weighted by molar-refractivity contribution is -0.143. The van der Waals surface area contributed by atoms with Crippen molar-refractivity contribution in [1.29, 1.82) is 0 Å². The van der Waals surface area contributed by atoms with Gasteiger partial charge in [-0.3, -0.25) is 4.79 Å². The fourth-order valence-corrected chi connectivity index (χ4v) is 3.80. The van der Waals surface area contributed by atoms with Crippen LogP contribution < -0.4 is 10.2 Å². The fraction of sp³-hybridized carbons (Fsp3) is 0.364. The first-order valence-electron chi connectivity index (χ1n) is 10.4. The van der Waals surface area contributed by atoms with Gasteiger partial charge in [0.1, 0.15) is 17.7 Å². The van der Waals surface area contributed by atoms with Gasteiger partial charge in [-0.1, -0.05) is 0 Å². The van der Waals surface area contributed by atoms with Crippen LogP contribution in [0.5, 0.6) is 0 Å². The van der Waals surface area contributed by atoms with Gasteiger partial charge < -0.3 is 20.2 Å². The second kappa shape index (κ2) is 10.2. The first-order valence-corrected chi connectivity index (χ1v) is 10.4. The van der Waals surface area contributed by atoms with Crippen molar-refractivity contribution in [3.05, 3.63) is 64.7 Å². The second-order valence-corrected chi connectivity index (χ2v) is 7.99. The first kappa shape index (κ1) is 27.0. The van der Waals surface area contributed by atoms with Crippen LogP contribution in [0.4, 0.5) is 45.6 Å². The number of piperazine rings is 1. The van der Waals surface area contributed by atoms with Crippen molar-refractivity contribution >= 4 is 17.7 Å². The molecule has 1 aliphatic rings. The summed E-state index contributed by atoms with van der Waals surface area (Å²) in [7, 11) is 0. The minimum Gasteiger partial charge on any atom is -0.465 e. The molecule has 0 radical (unpaired) electrons. The summed E-state index contributed by atoms with van der Waals surface area (Å²) >= 11 is 0. The quantitative estimate of drug-likeness (QED) is 0.563. The minimum atomic E-state index is -5.03. The Kier molecular flexibility index (Phi) is 7.65. The number of nitrogens with one attached hydrogen (secondary N) is 1. The van der Waals surface area contributed by atoms with Crippen LogP contribution in [0.3, 0.4) is 0 Å². The highest BCUT2D eigenvalue weighted by Gasteiger charge is 2.38. The molecular formula is C22H19F8N3O3. The molecule has 1 unspecified atom stereocenters. The topological polar surface area (TPSA) is 72.9 Å². The summed E-state index contributed by atoms with van der Waals surface area (Å²) in [6.45, 7) is -1.02. The number of halogens is 8. The molecule has 0 saturated carbocycles. The summed E-state index contributed by atoms with van der Waals surface area (Å²) in [5.41, 5.74) is -3.51. The van der Waals surface area contributed by atoms with E-state index in [1.54, 1.807) is 0 Å². The van der Waals surface area contributed by atoms with Gasteiger partial charge in [0, 0.05) is 25.7 Å². The second-order valence-electron chi connectivity index (χ2n) is 7.99. The van der Waals surface area contributed by atoms with Crippen molar-refractivity contribution in [3.8, 4) is 0 Å². The van der Waals surface area contributed by atoms with Crippen LogP contribution in [0.2, 0.25) is 0 Å². The van der Waals surface area contributed by atoms with Crippen molar-refractivity contribution in [3.63, 3.8) is 0 Å². The maximum absolute atomic E-state index is 14.3. The predicted octanol–water partition coefficient (Wildman–Crippen LogP) is 4.53. The summed E-state index contributed by atoms with van der Waals surface area (Å²) in [5, 5.41) is 11.6. The van der Waals surface area contributed by atoms with E-state index in [1.165, 1.54) is 4.90 Å². The molecule has 0 bridgehead atoms. The molecule has 1 atom stereocenters. The number of carboxylic acid groups (broad SMARTS) is 1. The standard InChI is InChI=1S/C22H19F8N3O3/c23-15-1-2-17(16(24)10-15)33-6-5-32(20(35)36)11-18(33)19(34)31-4-3-12-7-13(21(25,26)27)9-14(8-12)22(28,29)30/h1-2,7-10,18H,3-6,11H2,(H,31,34)(H,35,36). The summed E-state index contributed by atoms with van der Waals surface area (Å²) in [5.74, 6) is -2.71. The third kappa shape index (κ3) is 6.34. The van der Waals surface area contributed by atoms with Crippen molar-refractivity contribution in [2.24, 2.45) is 0 Å². The van der Waals surface area contributed by atoms with Crippen LogP contribution in [0.15, 0.2) is 36.4 Å². The van der Waals surface area contributed by atoms with Crippen LogP contribution in [0, 0.1) is 11.6 Å². The highest BCUT2D eigenvalue weighted by Crippen LogP contribution is 2.36. The zero-order valence-electron chi connectivity index (χ0n) is 18.3. The number of rotatable bonds is 5. The molecule has 2 N–H and O–H groups in total. The molecule has 0 aliphatic carbocycles. The molecule has 3 rings (SSSR count). The molecule has 0 spiro atoms. The van der Waals surface area contributed by atoms with Gasteiger partial charge in [-0.15, -0.1) is 0 Å². The minimum absolute atomic E-state index is 0.0142. The van der Waals surface area contributed by atoms with Gasteiger partial charge in [0.2, 0.25) is 5.91 Å². The molecule has 1 heterocycles. The summed E-state index contributed by atoms with van der Waals surface area (Å²) < 4.78 is 106. The SMILES string of the molecule is O=C(NCCc1cc(C(F)(F)F)cc(C(F)(F)F)c1)C1CN(C(=O)O)CCN1c1ccc(F)cc1F. The number of nitrogens with zero attached hydrogens (tertiary/aromatic N) is 2. The Morgan fingerprint density at radius 2 is 1.56 bits per heavy atom. The van der Waals surface area contributed by atoms with Gasteiger partial charge in [0.15, 0.2) is 0 Å². The number of carbonyl (C=O) groups excluding carboxylic acids is 1. The molecule has 2 amide bonds. The number of hydrogen-bond donors (Lipinski definition) is 2. The number of carbonyl (C=O) groups is 2. The lowest BCUT2D eigenvalue weighted by Crippen LogP contribution is -2.60. The fourth-order valence-electron chi connectivity index (χ4n) is 3.80. The number of amides is 2. The molecule has 0 aromatic heterocycles. The molecule has 2 aromatic carbocycles. The van der Waals surface area contributed by atoms with Crippen LogP contribution in [-0.2, 0) is 23.6 Å². The third-order valence-corrected chi connectivity index (χ3v) is 5.53. The van der Waals surface area contributed by atoms with E-state index < -0.39 is 66.1 Å². The van der Waals surface area contributed by atoms with Crippen LogP contribution in [0.25, 0.3) is 0 Å². The van der Waals surface area contributed by atoms with E-state index in [0.29, 0.717) is 18.2 Å². The van der Waals surface area contributed by atoms with Gasteiger partial charge in [-0.25, -0.2) is 13.6 Å². The Bertz CT molecular complexity index is 1100. The largest absolute Gasteiger partial charge is 0.465 e. The van der Waals surface area contributed by atoms with E-state index in [0.717, 1.165) is 17.0 Å². The molecule has 1 saturated heterocycles. The number of anilines is 1. The van der Waals surface area contributed by atoms with E-state index in [9.17, 15) is 49.8 Å². The van der Waals surface area contributed by atoms with Crippen LogP contribution in [-0.4, -0.2) is 54.2 Å². The van der Waals surface area contributed by atoms with Crippen LogP contribution in [0.1, 0.15) is 16.7 Å². The average Bonchev–Trinajstić information content (AvgIpc) is 2.77. The Morgan fingerprint density at radius 3 is 2.08 bits per heavy atom. The lowest BCUT2D eigenvalue weighted by Gasteiger charge is -2.40. The van der Waals surface area contributed by atoms with E-state index in [-0.39, 0.29) is 37.0 Å². The zero-order chi connectivity index (χ0) is 26.8. The summed E-state index contributed by atoms with van der Waals surface area (Å²) in [6.07, 6.45) is -11.8. The summed E-state index contributed by atoms with van der Waals surface area (Å²) in [4.78, 5) is 26.3.